The van der Waals surface area contributed by atoms with E-state index < -0.39 is 14.4 Å². The van der Waals surface area contributed by atoms with Gasteiger partial charge in [-0.3, -0.25) is 0 Å². The molecule has 1 fully saturated rings. The monoisotopic (exact) mass is 580 g/mol. The molecular weight excluding hydrogens is 540 g/mol. The lowest BCUT2D eigenvalue weighted by molar-refractivity contribution is -0.0408. The number of nitrogens with one attached hydrogen (secondary N) is 1. The summed E-state index contributed by atoms with van der Waals surface area (Å²) < 4.78 is 27.8. The number of anilines is 1. The van der Waals surface area contributed by atoms with Gasteiger partial charge in [0.25, 0.3) is 0 Å². The normalized spacial score (nSPS) is 19.6. The van der Waals surface area contributed by atoms with Crippen molar-refractivity contribution in [3.05, 3.63) is 54.7 Å². The van der Waals surface area contributed by atoms with Crippen LogP contribution in [0.1, 0.15) is 39.0 Å². The summed E-state index contributed by atoms with van der Waals surface area (Å²) in [5.74, 6) is 2.10. The Hall–Kier alpha value is -3.45. The van der Waals surface area contributed by atoms with Crippen LogP contribution in [0.3, 0.4) is 0 Å². The molecule has 1 saturated heterocycles. The van der Waals surface area contributed by atoms with Crippen molar-refractivity contribution < 1.29 is 23.7 Å². The Kier molecular flexibility index (Phi) is 8.10. The van der Waals surface area contributed by atoms with Crippen LogP contribution < -0.4 is 14.8 Å². The fourth-order valence-electron chi connectivity index (χ4n) is 4.90. The van der Waals surface area contributed by atoms with Crippen LogP contribution in [-0.4, -0.2) is 70.8 Å². The van der Waals surface area contributed by atoms with Crippen LogP contribution >= 0.6 is 0 Å². The van der Waals surface area contributed by atoms with E-state index in [0.717, 1.165) is 22.4 Å². The Morgan fingerprint density at radius 2 is 1.98 bits per heavy atom. The highest BCUT2D eigenvalue weighted by Gasteiger charge is 2.45. The number of aliphatic hydroxyl groups is 1. The average Bonchev–Trinajstić information content (AvgIpc) is 3.69. The first-order valence-electron chi connectivity index (χ1n) is 13.8. The number of aromatic nitrogens is 5. The van der Waals surface area contributed by atoms with Gasteiger partial charge >= 0.3 is 0 Å². The SMILES string of the molecule is COc1ccc(CNc2ncnc3c2c(-n2cccn2)cn3[C@H]2C[C@H](O[Si](C)(C)C(C)(C)C)[C@@H](CO)O2)c(OC)c1. The van der Waals surface area contributed by atoms with Gasteiger partial charge in [-0.25, -0.2) is 14.6 Å². The summed E-state index contributed by atoms with van der Waals surface area (Å²) in [7, 11) is 1.18. The minimum Gasteiger partial charge on any atom is -0.497 e. The van der Waals surface area contributed by atoms with E-state index in [0.29, 0.717) is 30.2 Å². The second kappa shape index (κ2) is 11.4. The molecule has 4 heterocycles. The molecule has 0 saturated carbocycles. The van der Waals surface area contributed by atoms with Gasteiger partial charge < -0.3 is 33.6 Å². The van der Waals surface area contributed by atoms with Crippen molar-refractivity contribution in [1.29, 1.82) is 0 Å². The molecule has 0 unspecified atom stereocenters. The van der Waals surface area contributed by atoms with Gasteiger partial charge in [-0.15, -0.1) is 0 Å². The summed E-state index contributed by atoms with van der Waals surface area (Å²) in [5.41, 5.74) is 2.47. The molecule has 1 aromatic carbocycles. The first kappa shape index (κ1) is 29.1. The summed E-state index contributed by atoms with van der Waals surface area (Å²) in [6, 6.07) is 7.60. The first-order valence-corrected chi connectivity index (χ1v) is 16.7. The molecule has 3 aromatic heterocycles. The van der Waals surface area contributed by atoms with E-state index in [1.54, 1.807) is 31.4 Å². The Morgan fingerprint density at radius 1 is 1.17 bits per heavy atom. The molecule has 220 valence electrons. The number of nitrogens with zero attached hydrogens (tertiary/aromatic N) is 5. The lowest BCUT2D eigenvalue weighted by Crippen LogP contribution is -2.46. The van der Waals surface area contributed by atoms with Crippen molar-refractivity contribution in [2.24, 2.45) is 0 Å². The van der Waals surface area contributed by atoms with Gasteiger partial charge in [0.1, 0.15) is 41.6 Å². The maximum absolute atomic E-state index is 10.2. The minimum atomic E-state index is -2.08. The molecule has 2 N–H and O–H groups in total. The molecule has 0 bridgehead atoms. The molecule has 1 aliphatic heterocycles. The highest BCUT2D eigenvalue weighted by Crippen LogP contribution is 2.42. The van der Waals surface area contributed by atoms with Gasteiger partial charge in [-0.1, -0.05) is 20.8 Å². The number of fused-ring (bicyclic) bond motifs is 1. The van der Waals surface area contributed by atoms with Gasteiger partial charge in [-0.05, 0) is 36.3 Å². The van der Waals surface area contributed by atoms with Crippen LogP contribution in [-0.2, 0) is 15.7 Å². The van der Waals surface area contributed by atoms with E-state index in [-0.39, 0.29) is 24.0 Å². The van der Waals surface area contributed by atoms with E-state index in [4.69, 9.17) is 18.6 Å². The van der Waals surface area contributed by atoms with Crippen LogP contribution in [0, 0.1) is 0 Å². The number of hydrogen-bond acceptors (Lipinski definition) is 9. The number of hydrogen-bond donors (Lipinski definition) is 2. The number of aliphatic hydroxyl groups excluding tert-OH is 1. The molecule has 0 amide bonds. The number of rotatable bonds is 10. The van der Waals surface area contributed by atoms with E-state index >= 15 is 0 Å². The third-order valence-electron chi connectivity index (χ3n) is 8.20. The average molecular weight is 581 g/mol. The Labute approximate surface area is 241 Å². The highest BCUT2D eigenvalue weighted by atomic mass is 28.4. The fourth-order valence-corrected chi connectivity index (χ4v) is 6.25. The number of benzene rings is 1. The second-order valence-electron chi connectivity index (χ2n) is 11.8. The zero-order valence-corrected chi connectivity index (χ0v) is 25.8. The van der Waals surface area contributed by atoms with Crippen LogP contribution in [0.4, 0.5) is 5.82 Å². The summed E-state index contributed by atoms with van der Waals surface area (Å²) in [6.45, 7) is 11.4. The Bertz CT molecular complexity index is 1480. The molecule has 4 aromatic rings. The van der Waals surface area contributed by atoms with Gasteiger partial charge in [0.2, 0.25) is 0 Å². The predicted octanol–water partition coefficient (Wildman–Crippen LogP) is 4.92. The molecule has 0 radical (unpaired) electrons. The van der Waals surface area contributed by atoms with Crippen LogP contribution in [0.15, 0.2) is 49.2 Å². The molecule has 12 heteroatoms. The topological polar surface area (TPSA) is 118 Å². The first-order chi connectivity index (χ1) is 19.6. The van der Waals surface area contributed by atoms with Crippen molar-refractivity contribution >= 4 is 25.2 Å². The molecule has 0 aliphatic carbocycles. The third kappa shape index (κ3) is 5.69. The van der Waals surface area contributed by atoms with Gasteiger partial charge in [-0.2, -0.15) is 5.10 Å². The standard InChI is InChI=1S/C29H40N6O5Si/c1-29(2,3)41(6,7)40-23-14-25(39-24(23)17-36)34-16-21(35-12-8-11-33-35)26-27(31-18-32-28(26)34)30-15-19-9-10-20(37-4)13-22(19)38-5/h8-13,16,18,23-25,36H,14-15,17H2,1-7H3,(H,30,31,32)/t23-,24+,25+/m0/s1. The molecule has 41 heavy (non-hydrogen) atoms. The summed E-state index contributed by atoms with van der Waals surface area (Å²) >= 11 is 0. The summed E-state index contributed by atoms with van der Waals surface area (Å²) in [4.78, 5) is 9.27. The second-order valence-corrected chi connectivity index (χ2v) is 16.5. The number of ether oxygens (including phenoxy) is 3. The van der Waals surface area contributed by atoms with E-state index in [1.807, 2.05) is 41.2 Å². The molecule has 3 atom stereocenters. The highest BCUT2D eigenvalue weighted by molar-refractivity contribution is 6.74. The number of methoxy groups -OCH3 is 2. The maximum atomic E-state index is 10.2. The van der Waals surface area contributed by atoms with Gasteiger partial charge in [0.15, 0.2) is 8.32 Å². The van der Waals surface area contributed by atoms with Crippen molar-refractivity contribution in [3.8, 4) is 17.2 Å². The maximum Gasteiger partial charge on any atom is 0.192 e. The lowest BCUT2D eigenvalue weighted by Gasteiger charge is -2.39. The quantitative estimate of drug-likeness (QED) is 0.252. The minimum absolute atomic E-state index is 0.0405. The zero-order valence-electron chi connectivity index (χ0n) is 24.8. The van der Waals surface area contributed by atoms with Crippen LogP contribution in [0.25, 0.3) is 16.7 Å². The van der Waals surface area contributed by atoms with E-state index in [9.17, 15) is 5.11 Å². The third-order valence-corrected chi connectivity index (χ3v) is 12.7. The van der Waals surface area contributed by atoms with Crippen molar-refractivity contribution in [1.82, 2.24) is 24.3 Å². The van der Waals surface area contributed by atoms with Crippen molar-refractivity contribution in [2.45, 2.75) is 70.3 Å². The molecule has 1 aliphatic rings. The predicted molar refractivity (Wildman–Crippen MR) is 159 cm³/mol. The van der Waals surface area contributed by atoms with E-state index in [1.165, 1.54) is 0 Å². The van der Waals surface area contributed by atoms with Crippen LogP contribution in [0.2, 0.25) is 18.1 Å². The Morgan fingerprint density at radius 3 is 2.63 bits per heavy atom. The fraction of sp³-hybridized carbons (Fsp3) is 0.483. The van der Waals surface area contributed by atoms with Gasteiger partial charge in [0, 0.05) is 43.2 Å². The molecular formula is C29H40N6O5Si. The summed E-state index contributed by atoms with van der Waals surface area (Å²) in [5, 5.41) is 19.0. The molecule has 5 rings (SSSR count). The molecule has 11 nitrogen and oxygen atoms in total. The van der Waals surface area contributed by atoms with Gasteiger partial charge in [0.05, 0.1) is 38.0 Å². The van der Waals surface area contributed by atoms with Crippen molar-refractivity contribution in [2.75, 3.05) is 26.1 Å². The van der Waals surface area contributed by atoms with E-state index in [2.05, 4.69) is 54.2 Å². The Balaban J connectivity index is 1.50. The smallest absolute Gasteiger partial charge is 0.192 e. The lowest BCUT2D eigenvalue weighted by atomic mass is 10.2. The largest absolute Gasteiger partial charge is 0.497 e. The molecule has 0 spiro atoms. The summed E-state index contributed by atoms with van der Waals surface area (Å²) in [6.07, 6.45) is 6.71. The van der Waals surface area contributed by atoms with Crippen molar-refractivity contribution in [3.63, 3.8) is 0 Å². The van der Waals surface area contributed by atoms with Crippen LogP contribution in [0.5, 0.6) is 11.5 Å². The zero-order chi connectivity index (χ0) is 29.4.